The van der Waals surface area contributed by atoms with Crippen LogP contribution < -0.4 is 16.1 Å². The lowest BCUT2D eigenvalue weighted by Gasteiger charge is -2.28. The van der Waals surface area contributed by atoms with E-state index < -0.39 is 59.9 Å². The summed E-state index contributed by atoms with van der Waals surface area (Å²) in [6.07, 6.45) is 1.01. The number of hydroxylamine groups is 1. The van der Waals surface area contributed by atoms with E-state index in [1.165, 1.54) is 12.1 Å². The summed E-state index contributed by atoms with van der Waals surface area (Å²) < 4.78 is 10.7. The Balaban J connectivity index is 1.42. The van der Waals surface area contributed by atoms with Crippen LogP contribution in [0.1, 0.15) is 67.3 Å². The van der Waals surface area contributed by atoms with Gasteiger partial charge in [0.05, 0.1) is 33.8 Å². The van der Waals surface area contributed by atoms with Crippen molar-refractivity contribution < 1.29 is 38.3 Å². The molecule has 1 heterocycles. The maximum Gasteiger partial charge on any atom is 0.341 e. The van der Waals surface area contributed by atoms with Crippen molar-refractivity contribution in [1.29, 1.82) is 0 Å². The normalized spacial score (nSPS) is 16.4. The molecule has 288 valence electrons. The molecule has 0 saturated carbocycles. The van der Waals surface area contributed by atoms with E-state index in [9.17, 15) is 24.0 Å². The van der Waals surface area contributed by atoms with Crippen LogP contribution in [0.5, 0.6) is 0 Å². The number of benzene rings is 4. The molecule has 0 spiro atoms. The summed E-state index contributed by atoms with van der Waals surface area (Å²) in [6, 6.07) is 24.5. The molecule has 13 heteroatoms. The third-order valence-corrected chi connectivity index (χ3v) is 9.36. The fourth-order valence-electron chi connectivity index (χ4n) is 6.03. The van der Waals surface area contributed by atoms with Gasteiger partial charge in [-0.25, -0.2) is 4.79 Å². The Hall–Kier alpha value is -5.23. The molecule has 4 aromatic carbocycles. The van der Waals surface area contributed by atoms with Gasteiger partial charge in [0, 0.05) is 12.0 Å². The van der Waals surface area contributed by atoms with Crippen LogP contribution in [0.4, 0.5) is 0 Å². The molecule has 0 saturated heterocycles. The van der Waals surface area contributed by atoms with Crippen LogP contribution in [-0.2, 0) is 35.1 Å². The van der Waals surface area contributed by atoms with E-state index in [-0.39, 0.29) is 33.9 Å². The number of halogens is 2. The number of hydrogen-bond acceptors (Lipinski definition) is 9. The lowest BCUT2D eigenvalue weighted by atomic mass is 9.90. The molecule has 11 nitrogen and oxygen atoms in total. The van der Waals surface area contributed by atoms with Gasteiger partial charge in [0.2, 0.25) is 0 Å². The summed E-state index contributed by atoms with van der Waals surface area (Å²) in [7, 11) is 0. The topological polar surface area (TPSA) is 149 Å². The van der Waals surface area contributed by atoms with Gasteiger partial charge >= 0.3 is 11.9 Å². The van der Waals surface area contributed by atoms with Crippen LogP contribution in [-0.4, -0.2) is 59.4 Å². The van der Waals surface area contributed by atoms with Crippen LogP contribution in [0, 0.1) is 5.92 Å². The number of nitrogens with one attached hydrogen (secondary N) is 3. The zero-order valence-corrected chi connectivity index (χ0v) is 32.6. The minimum Gasteiger partial charge on any atom is -0.460 e. The van der Waals surface area contributed by atoms with Crippen molar-refractivity contribution in [2.24, 2.45) is 5.92 Å². The zero-order valence-electron chi connectivity index (χ0n) is 31.1. The van der Waals surface area contributed by atoms with Crippen LogP contribution in [0.25, 0.3) is 10.8 Å². The molecule has 3 atom stereocenters. The van der Waals surface area contributed by atoms with Gasteiger partial charge in [0.15, 0.2) is 18.0 Å². The number of carbonyl (C=O) groups is 5. The first-order chi connectivity index (χ1) is 26.0. The fourth-order valence-corrected chi connectivity index (χ4v) is 6.58. The van der Waals surface area contributed by atoms with Gasteiger partial charge < -0.3 is 20.1 Å². The molecule has 1 aliphatic heterocycles. The highest BCUT2D eigenvalue weighted by Crippen LogP contribution is 2.30. The third kappa shape index (κ3) is 10.5. The molecule has 0 radical (unpaired) electrons. The number of ketones is 1. The van der Waals surface area contributed by atoms with Crippen molar-refractivity contribution in [2.45, 2.75) is 70.7 Å². The predicted molar refractivity (Wildman–Crippen MR) is 209 cm³/mol. The number of ether oxygens (including phenoxy) is 2. The Morgan fingerprint density at radius 1 is 0.836 bits per heavy atom. The lowest BCUT2D eigenvalue weighted by molar-refractivity contribution is -0.157. The van der Waals surface area contributed by atoms with E-state index in [0.29, 0.717) is 11.3 Å². The molecule has 0 bridgehead atoms. The SMILES string of the molecule is CC(C)[C@H](NC(=O)c1ccc2ccccc2c1)C1=CC(Cc2ccccc2)(C(=O)N[C@@H](CC(=O)OC(C)(C)C)C(=O)COC(=O)c2c(Cl)cccc2Cl)ON1. The van der Waals surface area contributed by atoms with Crippen molar-refractivity contribution in [3.8, 4) is 0 Å². The standard InChI is InChI=1S/C42H43Cl2N3O8/c1-25(2)37(46-38(50)29-19-18-27-14-9-10-15-28(27)20-29)33-23-42(55-47-33,22-26-12-7-6-8-13-26)40(52)45-32(21-35(49)54-41(3,4)5)34(48)24-53-39(51)36-30(43)16-11-17-31(36)44/h6-20,23,25,32,37,47H,21-22,24H2,1-5H3,(H,45,52)(H,46,50)/t32-,37-,42?/m0/s1. The van der Waals surface area contributed by atoms with Gasteiger partial charge in [-0.05, 0) is 73.4 Å². The molecule has 0 fully saturated rings. The Morgan fingerprint density at radius 2 is 1.49 bits per heavy atom. The molecule has 4 aromatic rings. The summed E-state index contributed by atoms with van der Waals surface area (Å²) >= 11 is 12.3. The highest BCUT2D eigenvalue weighted by atomic mass is 35.5. The summed E-state index contributed by atoms with van der Waals surface area (Å²) in [5.41, 5.74) is 1.68. The lowest BCUT2D eigenvalue weighted by Crippen LogP contribution is -2.54. The largest absolute Gasteiger partial charge is 0.460 e. The number of esters is 2. The Labute approximate surface area is 329 Å². The minimum absolute atomic E-state index is 0.00689. The van der Waals surface area contributed by atoms with E-state index in [2.05, 4.69) is 16.1 Å². The molecule has 0 aromatic heterocycles. The maximum absolute atomic E-state index is 14.5. The van der Waals surface area contributed by atoms with Crippen LogP contribution in [0.3, 0.4) is 0 Å². The summed E-state index contributed by atoms with van der Waals surface area (Å²) in [5.74, 6) is -3.80. The predicted octanol–water partition coefficient (Wildman–Crippen LogP) is 6.94. The summed E-state index contributed by atoms with van der Waals surface area (Å²) in [5, 5.41) is 7.69. The quantitative estimate of drug-likeness (QED) is 0.116. The van der Waals surface area contributed by atoms with E-state index >= 15 is 0 Å². The first kappa shape index (κ1) is 40.9. The van der Waals surface area contributed by atoms with Crippen molar-refractivity contribution >= 4 is 63.5 Å². The Kier molecular flexibility index (Phi) is 13.0. The molecule has 55 heavy (non-hydrogen) atoms. The van der Waals surface area contributed by atoms with E-state index in [1.807, 2.05) is 80.6 Å². The fraction of sp³-hybridized carbons (Fsp3) is 0.310. The van der Waals surface area contributed by atoms with Crippen LogP contribution in [0.15, 0.2) is 103 Å². The van der Waals surface area contributed by atoms with Crippen molar-refractivity contribution in [3.63, 3.8) is 0 Å². The Morgan fingerprint density at radius 3 is 2.15 bits per heavy atom. The number of Topliss-reactive ketones (excluding diaryl/α,β-unsaturated/α-hetero) is 1. The average molecular weight is 789 g/mol. The van der Waals surface area contributed by atoms with E-state index in [0.717, 1.165) is 16.3 Å². The molecular formula is C42H43Cl2N3O8. The van der Waals surface area contributed by atoms with Crippen LogP contribution >= 0.6 is 23.2 Å². The monoisotopic (exact) mass is 787 g/mol. The summed E-state index contributed by atoms with van der Waals surface area (Å²) in [6.45, 7) is 8.00. The number of rotatable bonds is 14. The van der Waals surface area contributed by atoms with E-state index in [1.54, 1.807) is 39.0 Å². The zero-order chi connectivity index (χ0) is 39.9. The molecule has 1 aliphatic rings. The smallest absolute Gasteiger partial charge is 0.341 e. The highest BCUT2D eigenvalue weighted by molar-refractivity contribution is 6.39. The first-order valence-electron chi connectivity index (χ1n) is 17.7. The third-order valence-electron chi connectivity index (χ3n) is 8.73. The average Bonchev–Trinajstić information content (AvgIpc) is 3.56. The van der Waals surface area contributed by atoms with Gasteiger partial charge in [0.25, 0.3) is 11.8 Å². The second-order valence-corrected chi connectivity index (χ2v) is 15.4. The maximum atomic E-state index is 14.5. The van der Waals surface area contributed by atoms with Crippen molar-refractivity contribution in [1.82, 2.24) is 16.1 Å². The Bertz CT molecular complexity index is 2090. The van der Waals surface area contributed by atoms with Gasteiger partial charge in [-0.2, -0.15) is 0 Å². The first-order valence-corrected chi connectivity index (χ1v) is 18.5. The number of amides is 2. The molecule has 1 unspecified atom stereocenters. The molecule has 3 N–H and O–H groups in total. The minimum atomic E-state index is -1.76. The molecule has 0 aliphatic carbocycles. The van der Waals surface area contributed by atoms with Gasteiger partial charge in [-0.3, -0.25) is 29.5 Å². The van der Waals surface area contributed by atoms with Gasteiger partial charge in [-0.1, -0.05) is 104 Å². The summed E-state index contributed by atoms with van der Waals surface area (Å²) in [4.78, 5) is 73.8. The van der Waals surface area contributed by atoms with Crippen LogP contribution in [0.2, 0.25) is 10.0 Å². The molecular weight excluding hydrogens is 745 g/mol. The second-order valence-electron chi connectivity index (χ2n) is 14.6. The van der Waals surface area contributed by atoms with Gasteiger partial charge in [-0.15, -0.1) is 0 Å². The van der Waals surface area contributed by atoms with Gasteiger partial charge in [0.1, 0.15) is 11.6 Å². The molecule has 2 amide bonds. The van der Waals surface area contributed by atoms with E-state index in [4.69, 9.17) is 37.5 Å². The molecule has 5 rings (SSSR count). The van der Waals surface area contributed by atoms with Crippen molar-refractivity contribution in [3.05, 3.63) is 130 Å². The number of fused-ring (bicyclic) bond motifs is 1. The highest BCUT2D eigenvalue weighted by Gasteiger charge is 2.46. The number of hydrogen-bond donors (Lipinski definition) is 3. The second kappa shape index (κ2) is 17.5. The van der Waals surface area contributed by atoms with Crippen molar-refractivity contribution in [2.75, 3.05) is 6.61 Å². The number of carbonyl (C=O) groups excluding carboxylic acids is 5.